The van der Waals surface area contributed by atoms with Gasteiger partial charge in [-0.3, -0.25) is 4.90 Å². The third-order valence-electron chi connectivity index (χ3n) is 4.77. The normalized spacial score (nSPS) is 38.3. The van der Waals surface area contributed by atoms with Crippen molar-refractivity contribution in [3.63, 3.8) is 0 Å². The molecule has 2 aliphatic heterocycles. The summed E-state index contributed by atoms with van der Waals surface area (Å²) >= 11 is 0. The van der Waals surface area contributed by atoms with E-state index in [1.54, 1.807) is 0 Å². The van der Waals surface area contributed by atoms with Gasteiger partial charge < -0.3 is 5.11 Å². The molecular weight excluding hydrogens is 210 g/mol. The molecule has 0 aromatic carbocycles. The predicted molar refractivity (Wildman–Crippen MR) is 72.1 cm³/mol. The number of piperidine rings is 1. The van der Waals surface area contributed by atoms with Crippen LogP contribution < -0.4 is 0 Å². The maximum absolute atomic E-state index is 10.2. The van der Waals surface area contributed by atoms with Gasteiger partial charge in [-0.2, -0.15) is 0 Å². The van der Waals surface area contributed by atoms with Crippen molar-refractivity contribution in [2.75, 3.05) is 0 Å². The van der Waals surface area contributed by atoms with E-state index in [0.717, 1.165) is 18.5 Å². The number of nitrogens with zero attached hydrogens (tertiary/aromatic N) is 1. The van der Waals surface area contributed by atoms with Crippen LogP contribution >= 0.6 is 0 Å². The van der Waals surface area contributed by atoms with Crippen LogP contribution in [0.4, 0.5) is 0 Å². The second-order valence-corrected chi connectivity index (χ2v) is 5.98. The third-order valence-corrected chi connectivity index (χ3v) is 4.77. The number of aliphatic hydroxyl groups is 1. The van der Waals surface area contributed by atoms with Crippen LogP contribution in [0.25, 0.3) is 0 Å². The summed E-state index contributed by atoms with van der Waals surface area (Å²) in [6.45, 7) is 4.57. The maximum Gasteiger partial charge on any atom is 0.0696 e. The summed E-state index contributed by atoms with van der Waals surface area (Å²) in [6.07, 6.45) is 11.4. The van der Waals surface area contributed by atoms with E-state index < -0.39 is 0 Å². The van der Waals surface area contributed by atoms with Gasteiger partial charge in [-0.25, -0.2) is 0 Å². The Hall–Kier alpha value is -0.0800. The van der Waals surface area contributed by atoms with Gasteiger partial charge in [0, 0.05) is 18.1 Å². The molecule has 2 aliphatic rings. The lowest BCUT2D eigenvalue weighted by Crippen LogP contribution is -2.52. The van der Waals surface area contributed by atoms with E-state index in [-0.39, 0.29) is 6.10 Å². The Kier molecular flexibility index (Phi) is 4.87. The van der Waals surface area contributed by atoms with Crippen LogP contribution in [-0.2, 0) is 0 Å². The lowest BCUT2D eigenvalue weighted by molar-refractivity contribution is -0.0203. The molecule has 4 atom stereocenters. The van der Waals surface area contributed by atoms with Crippen molar-refractivity contribution >= 4 is 0 Å². The molecule has 4 unspecified atom stereocenters. The Morgan fingerprint density at radius 3 is 2.35 bits per heavy atom. The van der Waals surface area contributed by atoms with E-state index in [0.29, 0.717) is 6.04 Å². The van der Waals surface area contributed by atoms with Crippen molar-refractivity contribution in [1.29, 1.82) is 0 Å². The number of hydrogen-bond acceptors (Lipinski definition) is 2. The van der Waals surface area contributed by atoms with Gasteiger partial charge in [-0.05, 0) is 38.5 Å². The molecule has 0 saturated carbocycles. The summed E-state index contributed by atoms with van der Waals surface area (Å²) in [6, 6.07) is 2.02. The number of aliphatic hydroxyl groups excluding tert-OH is 1. The molecule has 0 aromatic rings. The van der Waals surface area contributed by atoms with Crippen LogP contribution in [0, 0.1) is 0 Å². The van der Waals surface area contributed by atoms with Gasteiger partial charge in [-0.1, -0.05) is 33.1 Å². The first kappa shape index (κ1) is 13.4. The van der Waals surface area contributed by atoms with Gasteiger partial charge in [0.05, 0.1) is 6.10 Å². The van der Waals surface area contributed by atoms with E-state index >= 15 is 0 Å². The fraction of sp³-hybridized carbons (Fsp3) is 1.00. The first-order valence-corrected chi connectivity index (χ1v) is 7.73. The summed E-state index contributed by atoms with van der Waals surface area (Å²) < 4.78 is 0. The first-order valence-electron chi connectivity index (χ1n) is 7.73. The maximum atomic E-state index is 10.2. The van der Waals surface area contributed by atoms with Crippen LogP contribution in [0.2, 0.25) is 0 Å². The summed E-state index contributed by atoms with van der Waals surface area (Å²) in [5, 5.41) is 10.2. The zero-order chi connectivity index (χ0) is 12.3. The Balaban J connectivity index is 2.01. The predicted octanol–water partition coefficient (Wildman–Crippen LogP) is 3.33. The minimum Gasteiger partial charge on any atom is -0.391 e. The highest BCUT2D eigenvalue weighted by atomic mass is 16.3. The van der Waals surface area contributed by atoms with Crippen molar-refractivity contribution < 1.29 is 5.11 Å². The van der Waals surface area contributed by atoms with Crippen LogP contribution in [-0.4, -0.2) is 34.2 Å². The summed E-state index contributed by atoms with van der Waals surface area (Å²) in [7, 11) is 0. The number of rotatable bonds is 5. The zero-order valence-electron chi connectivity index (χ0n) is 11.6. The minimum atomic E-state index is -0.0465. The van der Waals surface area contributed by atoms with Crippen molar-refractivity contribution in [3.05, 3.63) is 0 Å². The second kappa shape index (κ2) is 6.19. The SMILES string of the molecule is CCCCC1CCC2C(O)CCC(CCC)N12. The lowest BCUT2D eigenvalue weighted by atomic mass is 9.91. The summed E-state index contributed by atoms with van der Waals surface area (Å²) in [5.41, 5.74) is 0. The Morgan fingerprint density at radius 2 is 1.65 bits per heavy atom. The van der Waals surface area contributed by atoms with Crippen LogP contribution in [0.3, 0.4) is 0 Å². The number of fused-ring (bicyclic) bond motifs is 1. The second-order valence-electron chi connectivity index (χ2n) is 5.98. The van der Waals surface area contributed by atoms with Gasteiger partial charge in [0.1, 0.15) is 0 Å². The number of hydrogen-bond donors (Lipinski definition) is 1. The molecular formula is C15H29NO. The molecule has 2 saturated heterocycles. The largest absolute Gasteiger partial charge is 0.391 e. The molecule has 0 radical (unpaired) electrons. The average Bonchev–Trinajstić information content (AvgIpc) is 2.75. The highest BCUT2D eigenvalue weighted by Gasteiger charge is 2.43. The van der Waals surface area contributed by atoms with Gasteiger partial charge in [0.15, 0.2) is 0 Å². The molecule has 1 N–H and O–H groups in total. The van der Waals surface area contributed by atoms with Crippen molar-refractivity contribution in [3.8, 4) is 0 Å². The summed E-state index contributed by atoms with van der Waals surface area (Å²) in [4.78, 5) is 2.72. The van der Waals surface area contributed by atoms with Gasteiger partial charge in [0.2, 0.25) is 0 Å². The number of unbranched alkanes of at least 4 members (excludes halogenated alkanes) is 1. The lowest BCUT2D eigenvalue weighted by Gasteiger charge is -2.44. The average molecular weight is 239 g/mol. The fourth-order valence-corrected chi connectivity index (χ4v) is 3.96. The van der Waals surface area contributed by atoms with Gasteiger partial charge in [0.25, 0.3) is 0 Å². The summed E-state index contributed by atoms with van der Waals surface area (Å²) in [5.74, 6) is 0. The fourth-order valence-electron chi connectivity index (χ4n) is 3.96. The molecule has 0 aromatic heterocycles. The molecule has 17 heavy (non-hydrogen) atoms. The quantitative estimate of drug-likeness (QED) is 0.795. The third kappa shape index (κ3) is 2.85. The Bertz CT molecular complexity index is 231. The van der Waals surface area contributed by atoms with Gasteiger partial charge in [-0.15, -0.1) is 0 Å². The van der Waals surface area contributed by atoms with Crippen LogP contribution in [0.5, 0.6) is 0 Å². The van der Waals surface area contributed by atoms with Crippen molar-refractivity contribution in [2.24, 2.45) is 0 Å². The molecule has 0 amide bonds. The van der Waals surface area contributed by atoms with E-state index in [4.69, 9.17) is 0 Å². The smallest absolute Gasteiger partial charge is 0.0696 e. The molecule has 100 valence electrons. The molecule has 2 rings (SSSR count). The molecule has 2 fully saturated rings. The Morgan fingerprint density at radius 1 is 0.941 bits per heavy atom. The minimum absolute atomic E-state index is 0.0465. The highest BCUT2D eigenvalue weighted by Crippen LogP contribution is 2.38. The van der Waals surface area contributed by atoms with Crippen LogP contribution in [0.15, 0.2) is 0 Å². The molecule has 2 nitrogen and oxygen atoms in total. The molecule has 0 aliphatic carbocycles. The van der Waals surface area contributed by atoms with Crippen molar-refractivity contribution in [2.45, 2.75) is 95.9 Å². The molecule has 0 spiro atoms. The van der Waals surface area contributed by atoms with Crippen molar-refractivity contribution in [1.82, 2.24) is 4.90 Å². The van der Waals surface area contributed by atoms with E-state index in [1.165, 1.54) is 51.4 Å². The standard InChI is InChI=1S/C15H29NO/c1-3-5-7-13-8-10-14-15(17)11-9-12(6-4-2)16(13)14/h12-15,17H,3-11H2,1-2H3. The first-order chi connectivity index (χ1) is 8.27. The topological polar surface area (TPSA) is 23.5 Å². The van der Waals surface area contributed by atoms with E-state index in [9.17, 15) is 5.11 Å². The monoisotopic (exact) mass is 239 g/mol. The molecule has 2 heteroatoms. The molecule has 2 heterocycles. The zero-order valence-corrected chi connectivity index (χ0v) is 11.6. The van der Waals surface area contributed by atoms with Gasteiger partial charge >= 0.3 is 0 Å². The Labute approximate surface area is 106 Å². The molecule has 0 bridgehead atoms. The highest BCUT2D eigenvalue weighted by molar-refractivity contribution is 4.98. The van der Waals surface area contributed by atoms with E-state index in [1.807, 2.05) is 0 Å². The van der Waals surface area contributed by atoms with E-state index in [2.05, 4.69) is 18.7 Å². The van der Waals surface area contributed by atoms with Crippen LogP contribution in [0.1, 0.15) is 71.6 Å².